The van der Waals surface area contributed by atoms with Gasteiger partial charge in [-0.3, -0.25) is 0 Å². The zero-order chi connectivity index (χ0) is 9.52. The highest BCUT2D eigenvalue weighted by Crippen LogP contribution is 2.09. The van der Waals surface area contributed by atoms with Gasteiger partial charge in [0.25, 0.3) is 0 Å². The van der Waals surface area contributed by atoms with Crippen LogP contribution in [0.25, 0.3) is 0 Å². The Balaban J connectivity index is 2.05. The van der Waals surface area contributed by atoms with Crippen LogP contribution in [0.3, 0.4) is 0 Å². The van der Waals surface area contributed by atoms with Gasteiger partial charge in [-0.1, -0.05) is 13.8 Å². The average molecular weight is 184 g/mol. The van der Waals surface area contributed by atoms with Crippen LogP contribution in [0.15, 0.2) is 0 Å². The van der Waals surface area contributed by atoms with Crippen LogP contribution in [0.4, 0.5) is 0 Å². The van der Waals surface area contributed by atoms with Crippen LogP contribution in [-0.4, -0.2) is 37.6 Å². The summed E-state index contributed by atoms with van der Waals surface area (Å²) in [5.74, 6) is 0.969. The predicted octanol–water partition coefficient (Wildman–Crippen LogP) is 1.72. The molecule has 0 unspecified atom stereocenters. The molecule has 0 aromatic carbocycles. The Hall–Kier alpha value is -0.0800. The van der Waals surface area contributed by atoms with E-state index < -0.39 is 0 Å². The second kappa shape index (κ2) is 6.39. The normalized spacial score (nSPS) is 17.8. The van der Waals surface area contributed by atoms with Gasteiger partial charge in [0.1, 0.15) is 0 Å². The lowest BCUT2D eigenvalue weighted by Gasteiger charge is -2.30. The van der Waals surface area contributed by atoms with E-state index in [1.165, 1.54) is 52.0 Å². The van der Waals surface area contributed by atoms with Crippen molar-refractivity contribution in [1.29, 1.82) is 0 Å². The highest BCUT2D eigenvalue weighted by molar-refractivity contribution is 4.75. The van der Waals surface area contributed by atoms with E-state index in [0.717, 1.165) is 5.92 Å². The molecule has 1 aliphatic rings. The minimum absolute atomic E-state index is 0.969. The molecule has 0 atom stereocenters. The summed E-state index contributed by atoms with van der Waals surface area (Å²) in [6.45, 7) is 10.9. The Bertz CT molecular complexity index is 115. The van der Waals surface area contributed by atoms with Crippen LogP contribution in [0, 0.1) is 5.92 Å². The molecule has 0 spiro atoms. The van der Waals surface area contributed by atoms with Crippen LogP contribution >= 0.6 is 0 Å². The summed E-state index contributed by atoms with van der Waals surface area (Å²) in [5, 5.41) is 3.33. The zero-order valence-corrected chi connectivity index (χ0v) is 9.18. The summed E-state index contributed by atoms with van der Waals surface area (Å²) in [4.78, 5) is 2.61. The summed E-state index contributed by atoms with van der Waals surface area (Å²) in [6.07, 6.45) is 3.98. The van der Waals surface area contributed by atoms with Crippen molar-refractivity contribution >= 4 is 0 Å². The molecule has 0 radical (unpaired) electrons. The SMILES string of the molecule is CCCN(CCC)CCC1CNC1. The summed E-state index contributed by atoms with van der Waals surface area (Å²) in [6, 6.07) is 0. The van der Waals surface area contributed by atoms with Crippen LogP contribution in [0.1, 0.15) is 33.1 Å². The van der Waals surface area contributed by atoms with Gasteiger partial charge in [-0.25, -0.2) is 0 Å². The van der Waals surface area contributed by atoms with Crippen LogP contribution in [0.2, 0.25) is 0 Å². The number of rotatable bonds is 7. The lowest BCUT2D eigenvalue weighted by molar-refractivity contribution is 0.226. The minimum Gasteiger partial charge on any atom is -0.316 e. The number of nitrogens with one attached hydrogen (secondary N) is 1. The van der Waals surface area contributed by atoms with Gasteiger partial charge in [0, 0.05) is 0 Å². The fourth-order valence-electron chi connectivity index (χ4n) is 1.89. The Labute approximate surface area is 82.7 Å². The van der Waals surface area contributed by atoms with Crippen molar-refractivity contribution in [2.75, 3.05) is 32.7 Å². The highest BCUT2D eigenvalue weighted by atomic mass is 15.1. The van der Waals surface area contributed by atoms with E-state index >= 15 is 0 Å². The Morgan fingerprint density at radius 3 is 2.08 bits per heavy atom. The third-order valence-electron chi connectivity index (χ3n) is 2.80. The van der Waals surface area contributed by atoms with E-state index in [1.54, 1.807) is 0 Å². The lowest BCUT2D eigenvalue weighted by atomic mass is 9.99. The molecule has 78 valence electrons. The molecule has 0 aromatic rings. The number of hydrogen-bond donors (Lipinski definition) is 1. The summed E-state index contributed by atoms with van der Waals surface area (Å²) >= 11 is 0. The molecule has 2 nitrogen and oxygen atoms in total. The first-order valence-corrected chi connectivity index (χ1v) is 5.79. The monoisotopic (exact) mass is 184 g/mol. The van der Waals surface area contributed by atoms with Gasteiger partial charge in [-0.2, -0.15) is 0 Å². The molecule has 1 saturated heterocycles. The van der Waals surface area contributed by atoms with Crippen molar-refractivity contribution in [2.45, 2.75) is 33.1 Å². The molecule has 1 rings (SSSR count). The van der Waals surface area contributed by atoms with Gasteiger partial charge in [0.05, 0.1) is 0 Å². The van der Waals surface area contributed by atoms with E-state index in [2.05, 4.69) is 24.1 Å². The molecule has 0 amide bonds. The molecule has 1 aliphatic heterocycles. The quantitative estimate of drug-likeness (QED) is 0.648. The molecule has 0 bridgehead atoms. The second-order valence-corrected chi connectivity index (χ2v) is 4.15. The van der Waals surface area contributed by atoms with Crippen molar-refractivity contribution in [1.82, 2.24) is 10.2 Å². The molecule has 0 aromatic heterocycles. The first-order valence-electron chi connectivity index (χ1n) is 5.79. The van der Waals surface area contributed by atoms with E-state index in [4.69, 9.17) is 0 Å². The maximum absolute atomic E-state index is 3.33. The highest BCUT2D eigenvalue weighted by Gasteiger charge is 2.16. The molecule has 1 heterocycles. The molecule has 2 heteroatoms. The Morgan fingerprint density at radius 2 is 1.69 bits per heavy atom. The molecule has 1 N–H and O–H groups in total. The molecule has 1 fully saturated rings. The Morgan fingerprint density at radius 1 is 1.08 bits per heavy atom. The van der Waals surface area contributed by atoms with E-state index in [0.29, 0.717) is 0 Å². The molecule has 13 heavy (non-hydrogen) atoms. The zero-order valence-electron chi connectivity index (χ0n) is 9.18. The lowest BCUT2D eigenvalue weighted by Crippen LogP contribution is -2.43. The van der Waals surface area contributed by atoms with Gasteiger partial charge in [0.15, 0.2) is 0 Å². The van der Waals surface area contributed by atoms with E-state index in [1.807, 2.05) is 0 Å². The maximum Gasteiger partial charge on any atom is -0.000778 e. The third kappa shape index (κ3) is 4.10. The van der Waals surface area contributed by atoms with Crippen LogP contribution in [0.5, 0.6) is 0 Å². The van der Waals surface area contributed by atoms with Crippen molar-refractivity contribution in [3.63, 3.8) is 0 Å². The van der Waals surface area contributed by atoms with Gasteiger partial charge >= 0.3 is 0 Å². The largest absolute Gasteiger partial charge is 0.316 e. The average Bonchev–Trinajstić information content (AvgIpc) is 2.02. The summed E-state index contributed by atoms with van der Waals surface area (Å²) in [5.41, 5.74) is 0. The van der Waals surface area contributed by atoms with Crippen molar-refractivity contribution < 1.29 is 0 Å². The number of nitrogens with zero attached hydrogens (tertiary/aromatic N) is 1. The van der Waals surface area contributed by atoms with Crippen molar-refractivity contribution in [3.8, 4) is 0 Å². The molecular weight excluding hydrogens is 160 g/mol. The van der Waals surface area contributed by atoms with Crippen molar-refractivity contribution in [3.05, 3.63) is 0 Å². The van der Waals surface area contributed by atoms with Gasteiger partial charge in [-0.15, -0.1) is 0 Å². The third-order valence-corrected chi connectivity index (χ3v) is 2.80. The molecule has 0 aliphatic carbocycles. The predicted molar refractivity (Wildman–Crippen MR) is 58.0 cm³/mol. The van der Waals surface area contributed by atoms with Crippen molar-refractivity contribution in [2.24, 2.45) is 5.92 Å². The van der Waals surface area contributed by atoms with E-state index in [-0.39, 0.29) is 0 Å². The first-order chi connectivity index (χ1) is 6.36. The summed E-state index contributed by atoms with van der Waals surface area (Å²) in [7, 11) is 0. The summed E-state index contributed by atoms with van der Waals surface area (Å²) < 4.78 is 0. The second-order valence-electron chi connectivity index (χ2n) is 4.15. The fourth-order valence-corrected chi connectivity index (χ4v) is 1.89. The maximum atomic E-state index is 3.33. The van der Waals surface area contributed by atoms with E-state index in [9.17, 15) is 0 Å². The van der Waals surface area contributed by atoms with Gasteiger partial charge in [-0.05, 0) is 57.9 Å². The topological polar surface area (TPSA) is 15.3 Å². The van der Waals surface area contributed by atoms with Crippen LogP contribution in [-0.2, 0) is 0 Å². The molecule has 0 saturated carbocycles. The fraction of sp³-hybridized carbons (Fsp3) is 1.00. The number of hydrogen-bond acceptors (Lipinski definition) is 2. The van der Waals surface area contributed by atoms with Gasteiger partial charge in [0.2, 0.25) is 0 Å². The first kappa shape index (κ1) is 11.0. The minimum atomic E-state index is 0.969. The Kier molecular flexibility index (Phi) is 5.40. The van der Waals surface area contributed by atoms with Crippen LogP contribution < -0.4 is 5.32 Å². The smallest absolute Gasteiger partial charge is 0.000778 e. The molecular formula is C11H24N2. The standard InChI is InChI=1S/C11H24N2/c1-3-6-13(7-4-2)8-5-11-9-12-10-11/h11-12H,3-10H2,1-2H3. The van der Waals surface area contributed by atoms with Gasteiger partial charge < -0.3 is 10.2 Å².